The zero-order valence-corrected chi connectivity index (χ0v) is 14.0. The molecule has 1 aromatic rings. The van der Waals surface area contributed by atoms with Crippen LogP contribution in [0, 0.1) is 5.92 Å². The molecule has 5 heteroatoms. The van der Waals surface area contributed by atoms with Gasteiger partial charge in [0.1, 0.15) is 0 Å². The third kappa shape index (κ3) is 3.96. The quantitative estimate of drug-likeness (QED) is 0.816. The van der Waals surface area contributed by atoms with Crippen LogP contribution >= 0.6 is 0 Å². The number of benzene rings is 1. The molecule has 1 atom stereocenters. The van der Waals surface area contributed by atoms with Gasteiger partial charge >= 0.3 is 0 Å². The Morgan fingerprint density at radius 2 is 2.00 bits per heavy atom. The van der Waals surface area contributed by atoms with Crippen molar-refractivity contribution in [1.29, 1.82) is 0 Å². The number of hydrogen-bond donors (Lipinski definition) is 2. The van der Waals surface area contributed by atoms with Gasteiger partial charge in [0.2, 0.25) is 5.91 Å². The molecular weight excluding hydrogens is 302 g/mol. The summed E-state index contributed by atoms with van der Waals surface area (Å²) in [6.07, 6.45) is 10.3. The Morgan fingerprint density at radius 1 is 1.21 bits per heavy atom. The minimum Gasteiger partial charge on any atom is -0.371 e. The van der Waals surface area contributed by atoms with Crippen molar-refractivity contribution in [3.63, 3.8) is 0 Å². The molecule has 0 bridgehead atoms. The van der Waals surface area contributed by atoms with Crippen LogP contribution in [0.5, 0.6) is 0 Å². The molecule has 1 saturated heterocycles. The second-order valence-electron chi connectivity index (χ2n) is 6.66. The van der Waals surface area contributed by atoms with E-state index in [2.05, 4.69) is 22.4 Å². The molecule has 0 aromatic heterocycles. The molecule has 0 spiro atoms. The van der Waals surface area contributed by atoms with Crippen molar-refractivity contribution >= 4 is 23.2 Å². The molecule has 0 saturated carbocycles. The van der Waals surface area contributed by atoms with E-state index in [-0.39, 0.29) is 5.91 Å². The van der Waals surface area contributed by atoms with Crippen LogP contribution in [0.4, 0.5) is 11.4 Å². The number of hydrogen-bond acceptors (Lipinski definition) is 3. The first-order chi connectivity index (χ1) is 11.6. The highest BCUT2D eigenvalue weighted by atomic mass is 16.2. The van der Waals surface area contributed by atoms with Gasteiger partial charge < -0.3 is 16.0 Å². The van der Waals surface area contributed by atoms with Gasteiger partial charge in [0.25, 0.3) is 5.91 Å². The lowest BCUT2D eigenvalue weighted by molar-refractivity contribution is -0.116. The van der Waals surface area contributed by atoms with E-state index in [1.807, 2.05) is 6.07 Å². The Hall–Kier alpha value is -2.30. The van der Waals surface area contributed by atoms with Crippen molar-refractivity contribution in [1.82, 2.24) is 0 Å². The lowest BCUT2D eigenvalue weighted by Crippen LogP contribution is -2.31. The number of carbonyl (C=O) groups is 2. The number of rotatable bonds is 5. The van der Waals surface area contributed by atoms with E-state index in [1.165, 1.54) is 6.42 Å². The fraction of sp³-hybridized carbons (Fsp3) is 0.474. The normalized spacial score (nSPS) is 20.2. The number of primary amides is 1. The highest BCUT2D eigenvalue weighted by Gasteiger charge is 2.19. The third-order valence-corrected chi connectivity index (χ3v) is 4.80. The second-order valence-corrected chi connectivity index (χ2v) is 6.66. The van der Waals surface area contributed by atoms with Crippen molar-refractivity contribution in [3.8, 4) is 0 Å². The van der Waals surface area contributed by atoms with Crippen molar-refractivity contribution in [2.45, 2.75) is 38.5 Å². The lowest BCUT2D eigenvalue weighted by Gasteiger charge is -2.30. The van der Waals surface area contributed by atoms with Crippen LogP contribution in [0.3, 0.4) is 0 Å². The molecule has 24 heavy (non-hydrogen) atoms. The second kappa shape index (κ2) is 7.51. The molecule has 2 amide bonds. The smallest absolute Gasteiger partial charge is 0.250 e. The lowest BCUT2D eigenvalue weighted by atomic mass is 10.0. The number of anilines is 2. The maximum Gasteiger partial charge on any atom is 0.250 e. The molecule has 1 unspecified atom stereocenters. The molecule has 1 heterocycles. The van der Waals surface area contributed by atoms with Crippen LogP contribution in [-0.4, -0.2) is 24.9 Å². The summed E-state index contributed by atoms with van der Waals surface area (Å²) >= 11 is 0. The van der Waals surface area contributed by atoms with E-state index in [1.54, 1.807) is 12.1 Å². The average molecular weight is 327 g/mol. The van der Waals surface area contributed by atoms with E-state index in [9.17, 15) is 9.59 Å². The minimum absolute atomic E-state index is 0.0166. The number of piperidine rings is 1. The van der Waals surface area contributed by atoms with Crippen LogP contribution in [0.15, 0.2) is 30.4 Å². The largest absolute Gasteiger partial charge is 0.371 e. The van der Waals surface area contributed by atoms with Crippen LogP contribution in [0.2, 0.25) is 0 Å². The highest BCUT2D eigenvalue weighted by Crippen LogP contribution is 2.28. The van der Waals surface area contributed by atoms with E-state index in [0.29, 0.717) is 17.9 Å². The first kappa shape index (κ1) is 16.6. The summed E-state index contributed by atoms with van der Waals surface area (Å²) < 4.78 is 0. The summed E-state index contributed by atoms with van der Waals surface area (Å²) in [6, 6.07) is 5.36. The average Bonchev–Trinajstić information content (AvgIpc) is 3.08. The van der Waals surface area contributed by atoms with Crippen molar-refractivity contribution in [3.05, 3.63) is 35.9 Å². The predicted molar refractivity (Wildman–Crippen MR) is 96.1 cm³/mol. The number of nitrogens with two attached hydrogens (primary N) is 1. The van der Waals surface area contributed by atoms with Crippen LogP contribution < -0.4 is 16.0 Å². The summed E-state index contributed by atoms with van der Waals surface area (Å²) in [7, 11) is 0. The molecular formula is C19H25N3O2. The summed E-state index contributed by atoms with van der Waals surface area (Å²) in [4.78, 5) is 26.1. The molecule has 3 rings (SSSR count). The molecule has 3 N–H and O–H groups in total. The zero-order chi connectivity index (χ0) is 16.9. The van der Waals surface area contributed by atoms with Gasteiger partial charge in [-0.15, -0.1) is 0 Å². The first-order valence-electron chi connectivity index (χ1n) is 8.79. The van der Waals surface area contributed by atoms with Gasteiger partial charge in [-0.2, -0.15) is 0 Å². The Labute approximate surface area is 142 Å². The van der Waals surface area contributed by atoms with Gasteiger partial charge in [0.15, 0.2) is 0 Å². The third-order valence-electron chi connectivity index (χ3n) is 4.80. The van der Waals surface area contributed by atoms with E-state index in [0.717, 1.165) is 50.1 Å². The highest BCUT2D eigenvalue weighted by molar-refractivity contribution is 6.00. The van der Waals surface area contributed by atoms with Gasteiger partial charge in [-0.05, 0) is 56.2 Å². The molecule has 1 aliphatic carbocycles. The molecule has 0 radical (unpaired) electrons. The number of amides is 2. The van der Waals surface area contributed by atoms with Gasteiger partial charge in [-0.3, -0.25) is 9.59 Å². The molecule has 1 aromatic carbocycles. The van der Waals surface area contributed by atoms with E-state index >= 15 is 0 Å². The number of nitrogens with zero attached hydrogens (tertiary/aromatic N) is 1. The van der Waals surface area contributed by atoms with Crippen molar-refractivity contribution in [2.75, 3.05) is 23.3 Å². The Bertz CT molecular complexity index is 648. The molecule has 5 nitrogen and oxygen atoms in total. The van der Waals surface area contributed by atoms with Crippen LogP contribution in [0.1, 0.15) is 48.9 Å². The van der Waals surface area contributed by atoms with Crippen molar-refractivity contribution < 1.29 is 9.59 Å². The topological polar surface area (TPSA) is 75.4 Å². The van der Waals surface area contributed by atoms with Gasteiger partial charge in [0, 0.05) is 25.2 Å². The maximum absolute atomic E-state index is 12.2. The molecule has 2 aliphatic rings. The zero-order valence-electron chi connectivity index (χ0n) is 14.0. The summed E-state index contributed by atoms with van der Waals surface area (Å²) in [5.74, 6) is -0.0658. The standard InChI is InChI=1S/C19H25N3O2/c20-19(24)16-9-8-15(13-17(16)22-10-4-1-5-11-22)21-18(23)12-14-6-2-3-7-14/h2,6,8-9,13-14H,1,3-5,7,10-12H2,(H2,20,24)(H,21,23). The van der Waals surface area contributed by atoms with Gasteiger partial charge in [-0.25, -0.2) is 0 Å². The predicted octanol–water partition coefficient (Wildman–Crippen LogP) is 3.07. The Morgan fingerprint density at radius 3 is 2.67 bits per heavy atom. The maximum atomic E-state index is 12.2. The van der Waals surface area contributed by atoms with E-state index < -0.39 is 5.91 Å². The SMILES string of the molecule is NC(=O)c1ccc(NC(=O)CC2C=CCC2)cc1N1CCCCC1. The molecule has 1 aliphatic heterocycles. The first-order valence-corrected chi connectivity index (χ1v) is 8.79. The monoisotopic (exact) mass is 327 g/mol. The van der Waals surface area contributed by atoms with Gasteiger partial charge in [-0.1, -0.05) is 12.2 Å². The summed E-state index contributed by atoms with van der Waals surface area (Å²) in [5.41, 5.74) is 7.61. The fourth-order valence-electron chi connectivity index (χ4n) is 3.53. The number of carbonyl (C=O) groups excluding carboxylic acids is 2. The molecule has 128 valence electrons. The van der Waals surface area contributed by atoms with Crippen LogP contribution in [0.25, 0.3) is 0 Å². The summed E-state index contributed by atoms with van der Waals surface area (Å²) in [5, 5.41) is 2.96. The molecule has 1 fully saturated rings. The Kier molecular flexibility index (Phi) is 5.18. The van der Waals surface area contributed by atoms with Gasteiger partial charge in [0.05, 0.1) is 11.3 Å². The van der Waals surface area contributed by atoms with Crippen LogP contribution in [-0.2, 0) is 4.79 Å². The van der Waals surface area contributed by atoms with Crippen molar-refractivity contribution in [2.24, 2.45) is 11.7 Å². The fourth-order valence-corrected chi connectivity index (χ4v) is 3.53. The van der Waals surface area contributed by atoms with E-state index in [4.69, 9.17) is 5.73 Å². The number of nitrogens with one attached hydrogen (secondary N) is 1. The summed E-state index contributed by atoms with van der Waals surface area (Å²) in [6.45, 7) is 1.84. The minimum atomic E-state index is -0.426. The number of allylic oxidation sites excluding steroid dienone is 2. The Balaban J connectivity index is 1.74.